The highest BCUT2D eigenvalue weighted by atomic mass is 35.5. The number of nitrogens with zero attached hydrogens (tertiary/aromatic N) is 2. The van der Waals surface area contributed by atoms with Crippen LogP contribution in [0.2, 0.25) is 5.02 Å². The van der Waals surface area contributed by atoms with Gasteiger partial charge in [0.15, 0.2) is 0 Å². The molecule has 0 fully saturated rings. The van der Waals surface area contributed by atoms with Crippen LogP contribution in [0.15, 0.2) is 24.3 Å². The summed E-state index contributed by atoms with van der Waals surface area (Å²) in [5, 5.41) is 4.86. The Morgan fingerprint density at radius 1 is 1.30 bits per heavy atom. The summed E-state index contributed by atoms with van der Waals surface area (Å²) in [5.41, 5.74) is 8.59. The largest absolute Gasteiger partial charge is 0.364 e. The predicted octanol–water partition coefficient (Wildman–Crippen LogP) is 4.35. The Hall–Kier alpha value is -1.81. The Labute approximate surface area is 143 Å². The SMILES string of the molecule is CCC(C)C.Cc1ccc(Cl)cc1Cn1nc(C(N)=O)cc1C. The summed E-state index contributed by atoms with van der Waals surface area (Å²) in [6, 6.07) is 7.40. The summed E-state index contributed by atoms with van der Waals surface area (Å²) >= 11 is 5.97. The zero-order valence-electron chi connectivity index (χ0n) is 14.6. The topological polar surface area (TPSA) is 60.9 Å². The molecule has 23 heavy (non-hydrogen) atoms. The minimum absolute atomic E-state index is 0.284. The monoisotopic (exact) mass is 335 g/mol. The third kappa shape index (κ3) is 6.06. The van der Waals surface area contributed by atoms with E-state index in [0.29, 0.717) is 11.6 Å². The zero-order chi connectivity index (χ0) is 17.6. The van der Waals surface area contributed by atoms with Crippen molar-refractivity contribution in [1.29, 1.82) is 0 Å². The Balaban J connectivity index is 0.000000463. The maximum absolute atomic E-state index is 11.1. The second-order valence-corrected chi connectivity index (χ2v) is 6.50. The number of hydrogen-bond donors (Lipinski definition) is 1. The number of hydrogen-bond acceptors (Lipinski definition) is 2. The highest BCUT2D eigenvalue weighted by Gasteiger charge is 2.10. The first-order chi connectivity index (χ1) is 10.7. The molecule has 1 aromatic heterocycles. The highest BCUT2D eigenvalue weighted by Crippen LogP contribution is 2.17. The number of aryl methyl sites for hydroxylation is 2. The van der Waals surface area contributed by atoms with Gasteiger partial charge < -0.3 is 5.73 Å². The molecule has 4 nitrogen and oxygen atoms in total. The van der Waals surface area contributed by atoms with E-state index in [0.717, 1.165) is 22.7 Å². The molecule has 0 aliphatic rings. The van der Waals surface area contributed by atoms with Crippen molar-refractivity contribution < 1.29 is 4.79 Å². The van der Waals surface area contributed by atoms with Gasteiger partial charge in [-0.15, -0.1) is 0 Å². The van der Waals surface area contributed by atoms with Crippen LogP contribution in [-0.2, 0) is 6.54 Å². The van der Waals surface area contributed by atoms with Crippen LogP contribution in [0.4, 0.5) is 0 Å². The van der Waals surface area contributed by atoms with Gasteiger partial charge in [-0.2, -0.15) is 5.10 Å². The van der Waals surface area contributed by atoms with Crippen molar-refractivity contribution in [2.24, 2.45) is 11.7 Å². The standard InChI is InChI=1S/C13H14ClN3O.C5H12/c1-8-3-4-11(14)6-10(8)7-17-9(2)5-12(16-17)13(15)18;1-4-5(2)3/h3-6H,7H2,1-2H3,(H2,15,18);5H,4H2,1-3H3. The molecule has 0 aliphatic heterocycles. The maximum atomic E-state index is 11.1. The van der Waals surface area contributed by atoms with Gasteiger partial charge in [-0.1, -0.05) is 44.9 Å². The summed E-state index contributed by atoms with van der Waals surface area (Å²) in [4.78, 5) is 11.1. The lowest BCUT2D eigenvalue weighted by atomic mass is 10.1. The Kier molecular flexibility index (Phi) is 7.30. The number of rotatable bonds is 4. The summed E-state index contributed by atoms with van der Waals surface area (Å²) in [5.74, 6) is 0.370. The van der Waals surface area contributed by atoms with Crippen LogP contribution in [0.1, 0.15) is 54.5 Å². The first kappa shape index (κ1) is 19.2. The van der Waals surface area contributed by atoms with Gasteiger partial charge in [0.25, 0.3) is 5.91 Å². The van der Waals surface area contributed by atoms with Crippen LogP contribution < -0.4 is 5.73 Å². The Morgan fingerprint density at radius 2 is 1.91 bits per heavy atom. The van der Waals surface area contributed by atoms with E-state index >= 15 is 0 Å². The molecule has 126 valence electrons. The molecule has 0 saturated heterocycles. The number of carbonyl (C=O) groups excluding carboxylic acids is 1. The van der Waals surface area contributed by atoms with Crippen molar-refractivity contribution >= 4 is 17.5 Å². The average molecular weight is 336 g/mol. The normalized spacial score (nSPS) is 10.4. The van der Waals surface area contributed by atoms with Crippen molar-refractivity contribution in [3.8, 4) is 0 Å². The quantitative estimate of drug-likeness (QED) is 0.902. The lowest BCUT2D eigenvalue weighted by Crippen LogP contribution is -2.13. The molecular weight excluding hydrogens is 310 g/mol. The molecule has 0 aliphatic carbocycles. The second kappa shape index (κ2) is 8.73. The van der Waals surface area contributed by atoms with Crippen LogP contribution in [0.25, 0.3) is 0 Å². The van der Waals surface area contributed by atoms with Crippen molar-refractivity contribution in [2.75, 3.05) is 0 Å². The van der Waals surface area contributed by atoms with Crippen LogP contribution in [-0.4, -0.2) is 15.7 Å². The second-order valence-electron chi connectivity index (χ2n) is 6.07. The number of nitrogens with two attached hydrogens (primary N) is 1. The fraction of sp³-hybridized carbons (Fsp3) is 0.444. The van der Waals surface area contributed by atoms with Gasteiger partial charge in [-0.05, 0) is 49.1 Å². The zero-order valence-corrected chi connectivity index (χ0v) is 15.3. The molecule has 0 saturated carbocycles. The maximum Gasteiger partial charge on any atom is 0.269 e. The fourth-order valence-electron chi connectivity index (χ4n) is 1.76. The number of halogens is 1. The van der Waals surface area contributed by atoms with E-state index in [-0.39, 0.29) is 5.69 Å². The average Bonchev–Trinajstić information content (AvgIpc) is 2.85. The van der Waals surface area contributed by atoms with E-state index in [1.807, 2.05) is 32.0 Å². The van der Waals surface area contributed by atoms with E-state index < -0.39 is 5.91 Å². The van der Waals surface area contributed by atoms with Gasteiger partial charge in [0.2, 0.25) is 0 Å². The molecule has 1 amide bonds. The summed E-state index contributed by atoms with van der Waals surface area (Å²) < 4.78 is 1.75. The third-order valence-corrected chi connectivity index (χ3v) is 3.92. The number of aromatic nitrogens is 2. The smallest absolute Gasteiger partial charge is 0.269 e. The molecule has 2 aromatic rings. The first-order valence-electron chi connectivity index (χ1n) is 7.83. The van der Waals surface area contributed by atoms with Gasteiger partial charge in [-0.3, -0.25) is 9.48 Å². The van der Waals surface area contributed by atoms with E-state index in [9.17, 15) is 4.79 Å². The molecule has 1 heterocycles. The predicted molar refractivity (Wildman–Crippen MR) is 95.9 cm³/mol. The number of amides is 1. The van der Waals surface area contributed by atoms with Crippen LogP contribution in [0.3, 0.4) is 0 Å². The van der Waals surface area contributed by atoms with Crippen LogP contribution >= 0.6 is 11.6 Å². The minimum Gasteiger partial charge on any atom is -0.364 e. The molecule has 5 heteroatoms. The highest BCUT2D eigenvalue weighted by molar-refractivity contribution is 6.30. The van der Waals surface area contributed by atoms with Gasteiger partial charge >= 0.3 is 0 Å². The number of benzene rings is 1. The molecule has 0 atom stereocenters. The van der Waals surface area contributed by atoms with Crippen molar-refractivity contribution in [1.82, 2.24) is 9.78 Å². The molecule has 0 unspecified atom stereocenters. The molecule has 2 N–H and O–H groups in total. The van der Waals surface area contributed by atoms with Crippen molar-refractivity contribution in [3.05, 3.63) is 51.8 Å². The fourth-order valence-corrected chi connectivity index (χ4v) is 1.96. The summed E-state index contributed by atoms with van der Waals surface area (Å²) in [6.07, 6.45) is 1.31. The number of carbonyl (C=O) groups is 1. The Morgan fingerprint density at radius 3 is 2.39 bits per heavy atom. The molecular formula is C18H26ClN3O. The van der Waals surface area contributed by atoms with Crippen molar-refractivity contribution in [2.45, 2.75) is 47.6 Å². The van der Waals surface area contributed by atoms with Crippen LogP contribution in [0, 0.1) is 19.8 Å². The lowest BCUT2D eigenvalue weighted by Gasteiger charge is -2.08. The van der Waals surface area contributed by atoms with E-state index in [2.05, 4.69) is 25.9 Å². The van der Waals surface area contributed by atoms with Gasteiger partial charge in [0, 0.05) is 10.7 Å². The molecule has 0 bridgehead atoms. The summed E-state index contributed by atoms with van der Waals surface area (Å²) in [6.45, 7) is 11.1. The lowest BCUT2D eigenvalue weighted by molar-refractivity contribution is 0.0995. The van der Waals surface area contributed by atoms with Gasteiger partial charge in [-0.25, -0.2) is 0 Å². The van der Waals surface area contributed by atoms with Gasteiger partial charge in [0.1, 0.15) is 5.69 Å². The minimum atomic E-state index is -0.514. The van der Waals surface area contributed by atoms with Crippen LogP contribution in [0.5, 0.6) is 0 Å². The number of primary amides is 1. The Bertz CT molecular complexity index is 662. The molecule has 2 rings (SSSR count). The van der Waals surface area contributed by atoms with E-state index in [1.54, 1.807) is 10.7 Å². The molecule has 1 aromatic carbocycles. The third-order valence-electron chi connectivity index (χ3n) is 3.68. The van der Waals surface area contributed by atoms with E-state index in [1.165, 1.54) is 6.42 Å². The first-order valence-corrected chi connectivity index (χ1v) is 8.21. The van der Waals surface area contributed by atoms with Gasteiger partial charge in [0.05, 0.1) is 6.54 Å². The van der Waals surface area contributed by atoms with Crippen molar-refractivity contribution in [3.63, 3.8) is 0 Å². The summed E-state index contributed by atoms with van der Waals surface area (Å²) in [7, 11) is 0. The van der Waals surface area contributed by atoms with E-state index in [4.69, 9.17) is 17.3 Å². The molecule has 0 radical (unpaired) electrons. The molecule has 0 spiro atoms.